The largest absolute Gasteiger partial charge is 0.511 e. The van der Waals surface area contributed by atoms with Crippen molar-refractivity contribution >= 4 is 12.0 Å². The van der Waals surface area contributed by atoms with E-state index in [-0.39, 0.29) is 17.0 Å². The van der Waals surface area contributed by atoms with Gasteiger partial charge in [-0.15, -0.1) is 6.58 Å². The molecule has 0 spiro atoms. The van der Waals surface area contributed by atoms with E-state index in [0.29, 0.717) is 25.0 Å². The number of rotatable bonds is 3. The number of nitrogens with zero attached hydrogens (tertiary/aromatic N) is 1. The minimum atomic E-state index is -0.142. The van der Waals surface area contributed by atoms with Crippen LogP contribution in [-0.4, -0.2) is 23.6 Å². The van der Waals surface area contributed by atoms with Gasteiger partial charge in [0.2, 0.25) is 0 Å². The predicted molar refractivity (Wildman–Crippen MR) is 61.2 cm³/mol. The average molecular weight is 207 g/mol. The Kier molecular flexibility index (Phi) is 3.45. The first-order valence-corrected chi connectivity index (χ1v) is 5.02. The van der Waals surface area contributed by atoms with Gasteiger partial charge in [-0.1, -0.05) is 19.9 Å². The number of allylic oxidation sites excluding steroid dienone is 2. The maximum Gasteiger partial charge on any atom is 0.168 e. The summed E-state index contributed by atoms with van der Waals surface area (Å²) in [6.07, 6.45) is 4.10. The zero-order valence-corrected chi connectivity index (χ0v) is 9.29. The molecule has 0 unspecified atom stereocenters. The normalized spacial score (nSPS) is 21.1. The molecular weight excluding hydrogens is 190 g/mol. The lowest BCUT2D eigenvalue weighted by atomic mass is 9.77. The first-order chi connectivity index (χ1) is 6.96. The number of hydrogen-bond acceptors (Lipinski definition) is 3. The molecule has 0 atom stereocenters. The molecule has 0 bridgehead atoms. The number of carbonyl (C=O) groups excluding carboxylic acids is 1. The zero-order valence-electron chi connectivity index (χ0n) is 9.29. The van der Waals surface area contributed by atoms with Gasteiger partial charge in [-0.25, -0.2) is 0 Å². The second-order valence-electron chi connectivity index (χ2n) is 4.58. The molecule has 0 fully saturated rings. The minimum Gasteiger partial charge on any atom is -0.511 e. The Hall–Kier alpha value is -1.38. The van der Waals surface area contributed by atoms with Gasteiger partial charge in [0.05, 0.1) is 12.1 Å². The highest BCUT2D eigenvalue weighted by atomic mass is 16.3. The van der Waals surface area contributed by atoms with Crippen LogP contribution in [-0.2, 0) is 4.79 Å². The summed E-state index contributed by atoms with van der Waals surface area (Å²) >= 11 is 0. The van der Waals surface area contributed by atoms with Gasteiger partial charge in [-0.2, -0.15) is 0 Å². The summed E-state index contributed by atoms with van der Waals surface area (Å²) < 4.78 is 0. The van der Waals surface area contributed by atoms with Crippen LogP contribution in [0.15, 0.2) is 29.0 Å². The lowest BCUT2D eigenvalue weighted by molar-refractivity contribution is -0.117. The molecule has 0 amide bonds. The molecule has 0 radical (unpaired) electrons. The van der Waals surface area contributed by atoms with Crippen molar-refractivity contribution in [2.75, 3.05) is 6.54 Å². The number of ketones is 1. The molecule has 0 aromatic carbocycles. The summed E-state index contributed by atoms with van der Waals surface area (Å²) in [5.74, 6) is 0.126. The Bertz CT molecular complexity index is 338. The molecule has 1 N–H and O–H groups in total. The van der Waals surface area contributed by atoms with Gasteiger partial charge >= 0.3 is 0 Å². The van der Waals surface area contributed by atoms with Gasteiger partial charge in [-0.3, -0.25) is 9.79 Å². The second-order valence-corrected chi connectivity index (χ2v) is 4.58. The Morgan fingerprint density at radius 2 is 2.20 bits per heavy atom. The van der Waals surface area contributed by atoms with Crippen molar-refractivity contribution in [1.29, 1.82) is 0 Å². The lowest BCUT2D eigenvalue weighted by Crippen LogP contribution is -2.26. The van der Waals surface area contributed by atoms with E-state index >= 15 is 0 Å². The van der Waals surface area contributed by atoms with E-state index in [9.17, 15) is 9.90 Å². The number of Topliss-reactive ketones (excluding diaryl/α,β-unsaturated/α-hetero) is 1. The van der Waals surface area contributed by atoms with E-state index in [0.717, 1.165) is 0 Å². The van der Waals surface area contributed by atoms with E-state index < -0.39 is 0 Å². The number of aliphatic imine (C=N–C) groups is 1. The number of aliphatic hydroxyl groups excluding tert-OH is 1. The molecule has 15 heavy (non-hydrogen) atoms. The number of aliphatic hydroxyl groups is 1. The molecule has 1 aliphatic rings. The SMILES string of the molecule is C=CCN=CC1=C(O)CC(C)(C)CC1=O. The van der Waals surface area contributed by atoms with Crippen molar-refractivity contribution < 1.29 is 9.90 Å². The van der Waals surface area contributed by atoms with Crippen molar-refractivity contribution in [1.82, 2.24) is 0 Å². The summed E-state index contributed by atoms with van der Waals surface area (Å²) in [4.78, 5) is 15.7. The molecule has 3 heteroatoms. The van der Waals surface area contributed by atoms with Crippen molar-refractivity contribution in [3.63, 3.8) is 0 Å². The highest BCUT2D eigenvalue weighted by molar-refractivity contribution is 6.14. The molecule has 0 saturated carbocycles. The molecular formula is C12H17NO2. The van der Waals surface area contributed by atoms with Crippen LogP contribution in [0.25, 0.3) is 0 Å². The molecule has 0 saturated heterocycles. The number of hydrogen-bond donors (Lipinski definition) is 1. The highest BCUT2D eigenvalue weighted by Gasteiger charge is 2.31. The standard InChI is InChI=1S/C12H17NO2/c1-4-5-13-8-9-10(14)6-12(2,3)7-11(9)15/h4,8,14H,1,5-7H2,2-3H3. The maximum atomic E-state index is 11.7. The summed E-state index contributed by atoms with van der Waals surface area (Å²) in [6.45, 7) is 7.93. The molecule has 1 rings (SSSR count). The van der Waals surface area contributed by atoms with Crippen LogP contribution in [0.2, 0.25) is 0 Å². The van der Waals surface area contributed by atoms with Crippen LogP contribution >= 0.6 is 0 Å². The summed E-state index contributed by atoms with van der Waals surface area (Å²) in [7, 11) is 0. The first kappa shape index (κ1) is 11.7. The monoisotopic (exact) mass is 207 g/mol. The van der Waals surface area contributed by atoms with Crippen LogP contribution in [0.3, 0.4) is 0 Å². The Labute approximate surface area is 90.2 Å². The van der Waals surface area contributed by atoms with E-state index in [1.807, 2.05) is 13.8 Å². The Morgan fingerprint density at radius 3 is 2.73 bits per heavy atom. The van der Waals surface area contributed by atoms with Crippen LogP contribution in [0.1, 0.15) is 26.7 Å². The predicted octanol–water partition coefficient (Wildman–Crippen LogP) is 2.44. The summed E-state index contributed by atoms with van der Waals surface area (Å²) in [5, 5.41) is 9.72. The Morgan fingerprint density at radius 1 is 1.53 bits per heavy atom. The van der Waals surface area contributed by atoms with E-state index in [1.165, 1.54) is 6.21 Å². The molecule has 82 valence electrons. The smallest absolute Gasteiger partial charge is 0.168 e. The third-order valence-corrected chi connectivity index (χ3v) is 2.35. The molecule has 0 aliphatic heterocycles. The van der Waals surface area contributed by atoms with Gasteiger partial charge in [0.1, 0.15) is 5.76 Å². The zero-order chi connectivity index (χ0) is 11.5. The molecule has 0 aromatic rings. The molecule has 3 nitrogen and oxygen atoms in total. The van der Waals surface area contributed by atoms with Gasteiger partial charge in [0.15, 0.2) is 5.78 Å². The minimum absolute atomic E-state index is 0.0310. The van der Waals surface area contributed by atoms with Crippen LogP contribution in [0.4, 0.5) is 0 Å². The fourth-order valence-corrected chi connectivity index (χ4v) is 1.67. The van der Waals surface area contributed by atoms with Crippen LogP contribution < -0.4 is 0 Å². The van der Waals surface area contributed by atoms with Crippen LogP contribution in [0, 0.1) is 5.41 Å². The summed E-state index contributed by atoms with van der Waals surface area (Å²) in [5.41, 5.74) is 0.216. The number of carbonyl (C=O) groups is 1. The van der Waals surface area contributed by atoms with E-state index in [1.54, 1.807) is 6.08 Å². The lowest BCUT2D eigenvalue weighted by Gasteiger charge is -2.28. The summed E-state index contributed by atoms with van der Waals surface area (Å²) in [6, 6.07) is 0. The second kappa shape index (κ2) is 4.43. The quantitative estimate of drug-likeness (QED) is 0.570. The van der Waals surface area contributed by atoms with Gasteiger partial charge in [0.25, 0.3) is 0 Å². The van der Waals surface area contributed by atoms with Crippen molar-refractivity contribution in [2.45, 2.75) is 26.7 Å². The topological polar surface area (TPSA) is 49.7 Å². The molecule has 0 heterocycles. The van der Waals surface area contributed by atoms with E-state index in [4.69, 9.17) is 0 Å². The van der Waals surface area contributed by atoms with Gasteiger partial charge in [-0.05, 0) is 5.41 Å². The molecule has 0 aromatic heterocycles. The maximum absolute atomic E-state index is 11.7. The highest BCUT2D eigenvalue weighted by Crippen LogP contribution is 2.34. The fourth-order valence-electron chi connectivity index (χ4n) is 1.67. The Balaban J connectivity index is 2.87. The average Bonchev–Trinajstić information content (AvgIpc) is 2.08. The van der Waals surface area contributed by atoms with Crippen LogP contribution in [0.5, 0.6) is 0 Å². The third-order valence-electron chi connectivity index (χ3n) is 2.35. The fraction of sp³-hybridized carbons (Fsp3) is 0.500. The van der Waals surface area contributed by atoms with Crippen molar-refractivity contribution in [2.24, 2.45) is 10.4 Å². The third kappa shape index (κ3) is 3.05. The first-order valence-electron chi connectivity index (χ1n) is 5.02. The van der Waals surface area contributed by atoms with Crippen molar-refractivity contribution in [3.05, 3.63) is 24.0 Å². The van der Waals surface area contributed by atoms with Gasteiger partial charge < -0.3 is 5.11 Å². The van der Waals surface area contributed by atoms with Crippen molar-refractivity contribution in [3.8, 4) is 0 Å². The molecule has 1 aliphatic carbocycles. The van der Waals surface area contributed by atoms with Gasteiger partial charge in [0, 0.05) is 19.1 Å². The van der Waals surface area contributed by atoms with E-state index in [2.05, 4.69) is 11.6 Å².